The molecule has 1 aromatic rings. The number of rotatable bonds is 2. The van der Waals surface area contributed by atoms with Gasteiger partial charge in [0, 0.05) is 36.3 Å². The minimum absolute atomic E-state index is 0.684. The van der Waals surface area contributed by atoms with Crippen LogP contribution in [0.2, 0.25) is 5.02 Å². The van der Waals surface area contributed by atoms with Crippen LogP contribution < -0.4 is 9.64 Å². The SMILES string of the molecule is COc1cc(Cl)ccc1N1CC2CCC(C1)N2C. The van der Waals surface area contributed by atoms with Crippen LogP contribution >= 0.6 is 11.6 Å². The topological polar surface area (TPSA) is 15.7 Å². The summed E-state index contributed by atoms with van der Waals surface area (Å²) >= 11 is 6.02. The number of hydrogen-bond acceptors (Lipinski definition) is 3. The first-order valence-electron chi connectivity index (χ1n) is 6.49. The first-order valence-corrected chi connectivity index (χ1v) is 6.87. The summed E-state index contributed by atoms with van der Waals surface area (Å²) < 4.78 is 5.46. The van der Waals surface area contributed by atoms with Gasteiger partial charge in [-0.1, -0.05) is 11.6 Å². The second kappa shape index (κ2) is 4.63. The van der Waals surface area contributed by atoms with Gasteiger partial charge < -0.3 is 9.64 Å². The first-order chi connectivity index (χ1) is 8.69. The number of benzene rings is 1. The van der Waals surface area contributed by atoms with Crippen molar-refractivity contribution in [2.75, 3.05) is 32.1 Å². The van der Waals surface area contributed by atoms with Crippen molar-refractivity contribution in [2.45, 2.75) is 24.9 Å². The Hall–Kier alpha value is -0.930. The third kappa shape index (κ3) is 1.95. The smallest absolute Gasteiger partial charge is 0.143 e. The van der Waals surface area contributed by atoms with Crippen LogP contribution in [0.25, 0.3) is 0 Å². The van der Waals surface area contributed by atoms with E-state index in [1.807, 2.05) is 12.1 Å². The van der Waals surface area contributed by atoms with E-state index in [1.54, 1.807) is 7.11 Å². The molecule has 0 N–H and O–H groups in total. The van der Waals surface area contributed by atoms with Gasteiger partial charge in [0.15, 0.2) is 0 Å². The number of hydrogen-bond donors (Lipinski definition) is 0. The molecule has 2 aliphatic rings. The van der Waals surface area contributed by atoms with Crippen LogP contribution in [0.15, 0.2) is 18.2 Å². The van der Waals surface area contributed by atoms with Crippen LogP contribution in [0, 0.1) is 0 Å². The van der Waals surface area contributed by atoms with Crippen LogP contribution in [0.4, 0.5) is 5.69 Å². The molecule has 0 saturated carbocycles. The molecule has 98 valence electrons. The highest BCUT2D eigenvalue weighted by Crippen LogP contribution is 2.36. The molecule has 2 heterocycles. The summed E-state index contributed by atoms with van der Waals surface area (Å²) in [5, 5.41) is 0.729. The van der Waals surface area contributed by atoms with Crippen LogP contribution in [-0.4, -0.2) is 44.2 Å². The van der Waals surface area contributed by atoms with E-state index in [0.29, 0.717) is 12.1 Å². The summed E-state index contributed by atoms with van der Waals surface area (Å²) in [5.41, 5.74) is 1.17. The fraction of sp³-hybridized carbons (Fsp3) is 0.571. The van der Waals surface area contributed by atoms with Gasteiger partial charge in [0.2, 0.25) is 0 Å². The highest BCUT2D eigenvalue weighted by molar-refractivity contribution is 6.30. The van der Waals surface area contributed by atoms with E-state index < -0.39 is 0 Å². The normalized spacial score (nSPS) is 27.6. The van der Waals surface area contributed by atoms with E-state index in [1.165, 1.54) is 18.5 Å². The van der Waals surface area contributed by atoms with Gasteiger partial charge in [-0.05, 0) is 32.0 Å². The van der Waals surface area contributed by atoms with Crippen LogP contribution in [0.3, 0.4) is 0 Å². The maximum absolute atomic E-state index is 6.02. The standard InChI is InChI=1S/C14H19ClN2O/c1-16-11-4-5-12(16)9-17(8-11)13-6-3-10(15)7-14(13)18-2/h3,6-7,11-12H,4-5,8-9H2,1-2H3. The first kappa shape index (κ1) is 12.1. The van der Waals surface area contributed by atoms with Crippen LogP contribution in [0.1, 0.15) is 12.8 Å². The number of methoxy groups -OCH3 is 1. The predicted octanol–water partition coefficient (Wildman–Crippen LogP) is 2.63. The lowest BCUT2D eigenvalue weighted by Crippen LogP contribution is -2.52. The van der Waals surface area contributed by atoms with Gasteiger partial charge >= 0.3 is 0 Å². The van der Waals surface area contributed by atoms with Crippen molar-refractivity contribution in [3.63, 3.8) is 0 Å². The zero-order valence-corrected chi connectivity index (χ0v) is 11.7. The summed E-state index contributed by atoms with van der Waals surface area (Å²) in [4.78, 5) is 4.97. The number of anilines is 1. The molecule has 2 saturated heterocycles. The minimum atomic E-state index is 0.684. The Labute approximate surface area is 113 Å². The van der Waals surface area contributed by atoms with E-state index in [2.05, 4.69) is 22.9 Å². The molecule has 2 aliphatic heterocycles. The van der Waals surface area contributed by atoms with Crippen LogP contribution in [0.5, 0.6) is 5.75 Å². The Morgan fingerprint density at radius 1 is 1.22 bits per heavy atom. The average Bonchev–Trinajstić information content (AvgIpc) is 2.61. The number of fused-ring (bicyclic) bond motifs is 2. The zero-order chi connectivity index (χ0) is 12.7. The lowest BCUT2D eigenvalue weighted by atomic mass is 10.1. The van der Waals surface area contributed by atoms with Gasteiger partial charge in [-0.15, -0.1) is 0 Å². The molecular weight excluding hydrogens is 248 g/mol. The molecular formula is C14H19ClN2O. The zero-order valence-electron chi connectivity index (χ0n) is 10.9. The van der Waals surface area contributed by atoms with Crippen molar-refractivity contribution in [2.24, 2.45) is 0 Å². The lowest BCUT2D eigenvalue weighted by molar-refractivity contribution is 0.212. The summed E-state index contributed by atoms with van der Waals surface area (Å²) in [6, 6.07) is 7.29. The Morgan fingerprint density at radius 3 is 2.50 bits per heavy atom. The van der Waals surface area contributed by atoms with E-state index in [0.717, 1.165) is 23.9 Å². The largest absolute Gasteiger partial charge is 0.495 e. The van der Waals surface area contributed by atoms with Crippen molar-refractivity contribution in [1.82, 2.24) is 4.90 Å². The van der Waals surface area contributed by atoms with E-state index in [9.17, 15) is 0 Å². The van der Waals surface area contributed by atoms with Gasteiger partial charge in [0.1, 0.15) is 5.75 Å². The monoisotopic (exact) mass is 266 g/mol. The molecule has 1 aromatic carbocycles. The number of likely N-dealkylation sites (N-methyl/N-ethyl adjacent to an activating group) is 1. The molecule has 0 aromatic heterocycles. The van der Waals surface area contributed by atoms with E-state index in [-0.39, 0.29) is 0 Å². The highest BCUT2D eigenvalue weighted by atomic mass is 35.5. The second-order valence-electron chi connectivity index (χ2n) is 5.27. The fourth-order valence-electron chi connectivity index (χ4n) is 3.22. The Bertz CT molecular complexity index is 437. The minimum Gasteiger partial charge on any atom is -0.495 e. The number of piperazine rings is 1. The highest BCUT2D eigenvalue weighted by Gasteiger charge is 2.38. The molecule has 2 fully saturated rings. The Morgan fingerprint density at radius 2 is 1.89 bits per heavy atom. The molecule has 2 unspecified atom stereocenters. The summed E-state index contributed by atoms with van der Waals surface area (Å²) in [7, 11) is 3.96. The summed E-state index contributed by atoms with van der Waals surface area (Å²) in [6.07, 6.45) is 2.63. The molecule has 2 bridgehead atoms. The fourth-order valence-corrected chi connectivity index (χ4v) is 3.39. The van der Waals surface area contributed by atoms with Crippen molar-refractivity contribution < 1.29 is 4.74 Å². The third-order valence-electron chi connectivity index (χ3n) is 4.33. The van der Waals surface area contributed by atoms with Crippen LogP contribution in [-0.2, 0) is 0 Å². The molecule has 18 heavy (non-hydrogen) atoms. The number of nitrogens with zero attached hydrogens (tertiary/aromatic N) is 2. The lowest BCUT2D eigenvalue weighted by Gasteiger charge is -2.40. The molecule has 0 spiro atoms. The van der Waals surface area contributed by atoms with Gasteiger partial charge in [0.05, 0.1) is 12.8 Å². The number of halogens is 1. The molecule has 4 heteroatoms. The maximum Gasteiger partial charge on any atom is 0.143 e. The average molecular weight is 267 g/mol. The van der Waals surface area contributed by atoms with Crippen molar-refractivity contribution in [3.05, 3.63) is 23.2 Å². The van der Waals surface area contributed by atoms with Crippen molar-refractivity contribution >= 4 is 17.3 Å². The van der Waals surface area contributed by atoms with Gasteiger partial charge in [-0.25, -0.2) is 0 Å². The molecule has 0 amide bonds. The second-order valence-corrected chi connectivity index (χ2v) is 5.71. The number of ether oxygens (including phenoxy) is 1. The van der Waals surface area contributed by atoms with E-state index in [4.69, 9.17) is 16.3 Å². The van der Waals surface area contributed by atoms with Gasteiger partial charge in [-0.3, -0.25) is 4.90 Å². The quantitative estimate of drug-likeness (QED) is 0.819. The molecule has 0 aliphatic carbocycles. The van der Waals surface area contributed by atoms with Gasteiger partial charge in [-0.2, -0.15) is 0 Å². The molecule has 3 nitrogen and oxygen atoms in total. The summed E-state index contributed by atoms with van der Waals surface area (Å²) in [6.45, 7) is 2.18. The predicted molar refractivity (Wildman–Crippen MR) is 74.8 cm³/mol. The van der Waals surface area contributed by atoms with E-state index >= 15 is 0 Å². The molecule has 0 radical (unpaired) electrons. The molecule has 3 rings (SSSR count). The Balaban J connectivity index is 1.88. The maximum atomic E-state index is 6.02. The molecule has 2 atom stereocenters. The third-order valence-corrected chi connectivity index (χ3v) is 4.56. The van der Waals surface area contributed by atoms with Gasteiger partial charge in [0.25, 0.3) is 0 Å². The Kier molecular flexibility index (Phi) is 3.12. The van der Waals surface area contributed by atoms with Crippen molar-refractivity contribution in [1.29, 1.82) is 0 Å². The van der Waals surface area contributed by atoms with Crippen molar-refractivity contribution in [3.8, 4) is 5.75 Å². The summed E-state index contributed by atoms with van der Waals surface area (Å²) in [5.74, 6) is 0.881.